The molecule has 2 nitrogen and oxygen atoms in total. The first-order valence-corrected chi connectivity index (χ1v) is 2.88. The van der Waals surface area contributed by atoms with Gasteiger partial charge < -0.3 is 5.73 Å². The first-order valence-electron chi connectivity index (χ1n) is 2.88. The fourth-order valence-corrected chi connectivity index (χ4v) is 0.533. The molecule has 3 heteroatoms. The minimum Gasteiger partial charge on any atom is -0.323 e. The lowest BCUT2D eigenvalue weighted by molar-refractivity contribution is 0.675. The Hall–Kier alpha value is -0.960. The van der Waals surface area contributed by atoms with Crippen molar-refractivity contribution in [3.05, 3.63) is 25.2 Å². The van der Waals surface area contributed by atoms with Crippen molar-refractivity contribution in [2.75, 3.05) is 0 Å². The summed E-state index contributed by atoms with van der Waals surface area (Å²) in [5.74, 6) is -0.602. The summed E-state index contributed by atoms with van der Waals surface area (Å²) in [5.41, 5.74) is 5.49. The largest absolute Gasteiger partial charge is 0.323 e. The molecule has 0 aliphatic heterocycles. The summed E-state index contributed by atoms with van der Waals surface area (Å²) in [6.45, 7) is 8.02. The van der Waals surface area contributed by atoms with Crippen molar-refractivity contribution >= 4 is 5.71 Å². The fourth-order valence-electron chi connectivity index (χ4n) is 0.533. The van der Waals surface area contributed by atoms with Crippen molar-refractivity contribution in [3.63, 3.8) is 0 Å². The van der Waals surface area contributed by atoms with Crippen molar-refractivity contribution in [2.45, 2.75) is 13.0 Å². The number of rotatable bonds is 3. The summed E-state index contributed by atoms with van der Waals surface area (Å²) in [4.78, 5) is 3.60. The molecule has 10 heavy (non-hydrogen) atoms. The Morgan fingerprint density at radius 1 is 1.80 bits per heavy atom. The maximum absolute atomic E-state index is 12.4. The highest BCUT2D eigenvalue weighted by atomic mass is 19.1. The molecule has 0 aromatic carbocycles. The van der Waals surface area contributed by atoms with Crippen LogP contribution >= 0.6 is 0 Å². The molecule has 0 aromatic rings. The maximum Gasteiger partial charge on any atom is 0.139 e. The van der Waals surface area contributed by atoms with E-state index in [0.717, 1.165) is 0 Å². The Morgan fingerprint density at radius 2 is 2.30 bits per heavy atom. The van der Waals surface area contributed by atoms with Gasteiger partial charge in [-0.15, -0.1) is 0 Å². The second kappa shape index (κ2) is 3.95. The predicted octanol–water partition coefficient (Wildman–Crippen LogP) is 1.40. The van der Waals surface area contributed by atoms with Crippen LogP contribution in [0.4, 0.5) is 4.39 Å². The van der Waals surface area contributed by atoms with E-state index in [2.05, 4.69) is 18.2 Å². The standard InChI is InChI=1S/C7H11FN2/c1-4-10-7(5(2)8)6(3)9/h4,6H,1-2,9H2,3H3. The van der Waals surface area contributed by atoms with Gasteiger partial charge in [0.15, 0.2) is 0 Å². The highest BCUT2D eigenvalue weighted by Crippen LogP contribution is 1.99. The van der Waals surface area contributed by atoms with E-state index >= 15 is 0 Å². The van der Waals surface area contributed by atoms with Gasteiger partial charge in [-0.3, -0.25) is 4.99 Å². The number of hydrogen-bond acceptors (Lipinski definition) is 2. The van der Waals surface area contributed by atoms with Crippen molar-refractivity contribution in [1.29, 1.82) is 0 Å². The summed E-state index contributed by atoms with van der Waals surface area (Å²) in [5, 5.41) is 0. The van der Waals surface area contributed by atoms with Crippen LogP contribution in [0.2, 0.25) is 0 Å². The normalized spacial score (nSPS) is 14.5. The number of nitrogens with two attached hydrogens (primary N) is 1. The number of nitrogens with zero attached hydrogens (tertiary/aromatic N) is 1. The Morgan fingerprint density at radius 3 is 2.40 bits per heavy atom. The third-order valence-corrected chi connectivity index (χ3v) is 0.940. The highest BCUT2D eigenvalue weighted by Gasteiger charge is 2.07. The first kappa shape index (κ1) is 9.04. The molecule has 0 saturated carbocycles. The molecule has 1 unspecified atom stereocenters. The Labute approximate surface area is 60.0 Å². The van der Waals surface area contributed by atoms with Crippen LogP contribution in [-0.4, -0.2) is 11.8 Å². The molecule has 1 atom stereocenters. The van der Waals surface area contributed by atoms with E-state index in [-0.39, 0.29) is 5.71 Å². The molecule has 0 rings (SSSR count). The molecule has 0 bridgehead atoms. The van der Waals surface area contributed by atoms with E-state index in [1.165, 1.54) is 6.20 Å². The smallest absolute Gasteiger partial charge is 0.139 e. The van der Waals surface area contributed by atoms with E-state index in [4.69, 9.17) is 5.73 Å². The van der Waals surface area contributed by atoms with Gasteiger partial charge in [-0.05, 0) is 6.92 Å². The topological polar surface area (TPSA) is 38.4 Å². The van der Waals surface area contributed by atoms with Crippen LogP contribution in [0.25, 0.3) is 0 Å². The van der Waals surface area contributed by atoms with Crippen molar-refractivity contribution in [1.82, 2.24) is 0 Å². The molecule has 56 valence electrons. The molecule has 0 radical (unpaired) electrons. The van der Waals surface area contributed by atoms with Gasteiger partial charge in [0.2, 0.25) is 0 Å². The molecule has 0 fully saturated rings. The predicted molar refractivity (Wildman–Crippen MR) is 41.5 cm³/mol. The third-order valence-electron chi connectivity index (χ3n) is 0.940. The molecular weight excluding hydrogens is 131 g/mol. The van der Waals surface area contributed by atoms with Crippen LogP contribution in [0.3, 0.4) is 0 Å². The van der Waals surface area contributed by atoms with Crippen molar-refractivity contribution in [3.8, 4) is 0 Å². The monoisotopic (exact) mass is 142 g/mol. The summed E-state index contributed by atoms with van der Waals surface area (Å²) in [7, 11) is 0. The average molecular weight is 142 g/mol. The van der Waals surface area contributed by atoms with Crippen LogP contribution in [0.5, 0.6) is 0 Å². The third kappa shape index (κ3) is 2.55. The van der Waals surface area contributed by atoms with Gasteiger partial charge in [0.05, 0.1) is 5.71 Å². The summed E-state index contributed by atoms with van der Waals surface area (Å²) in [6, 6.07) is -0.435. The zero-order chi connectivity index (χ0) is 8.15. The Kier molecular flexibility index (Phi) is 3.57. The molecule has 0 heterocycles. The number of hydrogen-bond donors (Lipinski definition) is 1. The SMILES string of the molecule is C=CN=C(C(=C)F)C(C)N. The molecule has 0 saturated heterocycles. The van der Waals surface area contributed by atoms with Gasteiger partial charge in [-0.2, -0.15) is 0 Å². The zero-order valence-corrected chi connectivity index (χ0v) is 5.97. The number of aliphatic imine (C=N–C) groups is 1. The first-order chi connectivity index (χ1) is 4.59. The number of halogens is 1. The lowest BCUT2D eigenvalue weighted by Gasteiger charge is -2.04. The molecular formula is C7H11FN2. The lowest BCUT2D eigenvalue weighted by Crippen LogP contribution is -2.26. The van der Waals surface area contributed by atoms with Gasteiger partial charge in [-0.1, -0.05) is 13.2 Å². The van der Waals surface area contributed by atoms with E-state index < -0.39 is 11.9 Å². The van der Waals surface area contributed by atoms with Crippen molar-refractivity contribution in [2.24, 2.45) is 10.7 Å². The summed E-state index contributed by atoms with van der Waals surface area (Å²) < 4.78 is 12.4. The van der Waals surface area contributed by atoms with E-state index in [0.29, 0.717) is 0 Å². The summed E-state index contributed by atoms with van der Waals surface area (Å²) >= 11 is 0. The Balaban J connectivity index is 4.41. The minimum absolute atomic E-state index is 0.148. The van der Waals surface area contributed by atoms with Gasteiger partial charge >= 0.3 is 0 Å². The van der Waals surface area contributed by atoms with Crippen LogP contribution < -0.4 is 5.73 Å². The Bertz CT molecular complexity index is 170. The molecule has 2 N–H and O–H groups in total. The summed E-state index contributed by atoms with van der Waals surface area (Å²) in [6.07, 6.45) is 1.24. The van der Waals surface area contributed by atoms with Crippen molar-refractivity contribution < 1.29 is 4.39 Å². The molecule has 0 spiro atoms. The molecule has 0 aliphatic carbocycles. The lowest BCUT2D eigenvalue weighted by atomic mass is 10.2. The molecule has 0 aromatic heterocycles. The van der Waals surface area contributed by atoms with E-state index in [1.807, 2.05) is 0 Å². The van der Waals surface area contributed by atoms with E-state index in [9.17, 15) is 4.39 Å². The molecule has 0 aliphatic rings. The minimum atomic E-state index is -0.602. The van der Waals surface area contributed by atoms with Crippen LogP contribution in [0.15, 0.2) is 30.2 Å². The second-order valence-corrected chi connectivity index (χ2v) is 1.89. The highest BCUT2D eigenvalue weighted by molar-refractivity contribution is 6.01. The van der Waals surface area contributed by atoms with Crippen LogP contribution in [0.1, 0.15) is 6.92 Å². The van der Waals surface area contributed by atoms with Gasteiger partial charge in [0.1, 0.15) is 5.83 Å². The fraction of sp³-hybridized carbons (Fsp3) is 0.286. The van der Waals surface area contributed by atoms with Gasteiger partial charge in [-0.25, -0.2) is 4.39 Å². The molecule has 0 amide bonds. The quantitative estimate of drug-likeness (QED) is 0.594. The zero-order valence-electron chi connectivity index (χ0n) is 5.97. The van der Waals surface area contributed by atoms with Gasteiger partial charge in [0.25, 0.3) is 0 Å². The maximum atomic E-state index is 12.4. The van der Waals surface area contributed by atoms with Crippen LogP contribution in [0, 0.1) is 0 Å². The van der Waals surface area contributed by atoms with Gasteiger partial charge in [0, 0.05) is 12.2 Å². The second-order valence-electron chi connectivity index (χ2n) is 1.89. The van der Waals surface area contributed by atoms with E-state index in [1.54, 1.807) is 6.92 Å². The average Bonchev–Trinajstić information content (AvgIpc) is 1.81. The van der Waals surface area contributed by atoms with Crippen LogP contribution in [-0.2, 0) is 0 Å².